The summed E-state index contributed by atoms with van der Waals surface area (Å²) in [5.74, 6) is -1.14. The van der Waals surface area contributed by atoms with Crippen molar-refractivity contribution < 1.29 is 32.6 Å². The quantitative estimate of drug-likeness (QED) is 0.827. The fourth-order valence-electron chi connectivity index (χ4n) is 1.95. The van der Waals surface area contributed by atoms with Gasteiger partial charge in [0, 0.05) is 6.54 Å². The third-order valence-electron chi connectivity index (χ3n) is 2.89. The van der Waals surface area contributed by atoms with Crippen LogP contribution in [0.25, 0.3) is 0 Å². The van der Waals surface area contributed by atoms with Gasteiger partial charge >= 0.3 is 18.2 Å². The molecule has 0 aromatic carbocycles. The van der Waals surface area contributed by atoms with Crippen molar-refractivity contribution in [3.8, 4) is 0 Å². The average molecular weight is 298 g/mol. The molecule has 1 aliphatic heterocycles. The van der Waals surface area contributed by atoms with E-state index in [0.717, 1.165) is 0 Å². The molecular weight excluding hydrogens is 281 g/mol. The third kappa shape index (κ3) is 4.55. The van der Waals surface area contributed by atoms with Gasteiger partial charge in [-0.25, -0.2) is 9.59 Å². The Morgan fingerprint density at radius 2 is 1.95 bits per heavy atom. The van der Waals surface area contributed by atoms with Crippen molar-refractivity contribution in [1.82, 2.24) is 9.80 Å². The number of ether oxygens (including phenoxy) is 1. The number of urea groups is 1. The Balaban J connectivity index is 2.49. The number of carbonyl (C=O) groups excluding carboxylic acids is 1. The molecule has 6 nitrogen and oxygen atoms in total. The van der Waals surface area contributed by atoms with Crippen molar-refractivity contribution >= 4 is 12.0 Å². The van der Waals surface area contributed by atoms with Gasteiger partial charge in [-0.15, -0.1) is 0 Å². The van der Waals surface area contributed by atoms with E-state index in [9.17, 15) is 22.8 Å². The lowest BCUT2D eigenvalue weighted by atomic mass is 9.97. The summed E-state index contributed by atoms with van der Waals surface area (Å²) < 4.78 is 42.0. The largest absolute Gasteiger partial charge is 0.480 e. The van der Waals surface area contributed by atoms with E-state index in [0.29, 0.717) is 4.90 Å². The SMILES string of the molecule is CCN(CC(F)(F)F)C(=O)N1CC(C)(OCC(=O)O)C1. The molecule has 9 heteroatoms. The summed E-state index contributed by atoms with van der Waals surface area (Å²) >= 11 is 0. The lowest BCUT2D eigenvalue weighted by Crippen LogP contribution is -2.66. The highest BCUT2D eigenvalue weighted by Gasteiger charge is 2.45. The second-order valence-corrected chi connectivity index (χ2v) is 4.90. The highest BCUT2D eigenvalue weighted by atomic mass is 19.4. The van der Waals surface area contributed by atoms with E-state index in [1.165, 1.54) is 11.8 Å². The lowest BCUT2D eigenvalue weighted by Gasteiger charge is -2.48. The zero-order valence-electron chi connectivity index (χ0n) is 11.2. The molecule has 1 saturated heterocycles. The Bertz CT molecular complexity index is 380. The summed E-state index contributed by atoms with van der Waals surface area (Å²) in [6.07, 6.45) is -4.44. The maximum absolute atomic E-state index is 12.3. The van der Waals surface area contributed by atoms with Crippen LogP contribution in [0, 0.1) is 0 Å². The highest BCUT2D eigenvalue weighted by Crippen LogP contribution is 2.26. The second-order valence-electron chi connectivity index (χ2n) is 4.90. The smallest absolute Gasteiger partial charge is 0.406 e. The zero-order chi connectivity index (χ0) is 15.6. The molecular formula is C11H17F3N2O4. The van der Waals surface area contributed by atoms with Crippen LogP contribution < -0.4 is 0 Å². The molecule has 0 aromatic rings. The Hall–Kier alpha value is -1.51. The van der Waals surface area contributed by atoms with Crippen molar-refractivity contribution in [2.75, 3.05) is 32.8 Å². The molecule has 1 aliphatic rings. The van der Waals surface area contributed by atoms with Crippen LogP contribution in [-0.4, -0.2) is 71.5 Å². The molecule has 0 spiro atoms. The summed E-state index contributed by atoms with van der Waals surface area (Å²) in [6.45, 7) is 1.37. The summed E-state index contributed by atoms with van der Waals surface area (Å²) in [4.78, 5) is 24.1. The minimum atomic E-state index is -4.44. The minimum absolute atomic E-state index is 0.0540. The summed E-state index contributed by atoms with van der Waals surface area (Å²) in [5.41, 5.74) is -0.814. The van der Waals surface area contributed by atoms with Crippen LogP contribution in [0.2, 0.25) is 0 Å². The molecule has 2 amide bonds. The molecule has 0 aliphatic carbocycles. The molecule has 1 heterocycles. The standard InChI is InChI=1S/C11H17F3N2O4/c1-3-15(7-11(12,13)14)9(19)16-5-10(2,6-16)20-4-8(17)18/h3-7H2,1-2H3,(H,17,18). The molecule has 0 aromatic heterocycles. The predicted octanol–water partition coefficient (Wildman–Crippen LogP) is 1.17. The van der Waals surface area contributed by atoms with E-state index in [-0.39, 0.29) is 19.6 Å². The number of carboxylic acid groups (broad SMARTS) is 1. The lowest BCUT2D eigenvalue weighted by molar-refractivity contribution is -0.163. The molecule has 1 N–H and O–H groups in total. The Morgan fingerprint density at radius 3 is 2.35 bits per heavy atom. The van der Waals surface area contributed by atoms with Gasteiger partial charge in [-0.1, -0.05) is 0 Å². The minimum Gasteiger partial charge on any atom is -0.480 e. The van der Waals surface area contributed by atoms with Gasteiger partial charge in [0.2, 0.25) is 0 Å². The van der Waals surface area contributed by atoms with Gasteiger partial charge in [-0.3, -0.25) is 0 Å². The van der Waals surface area contributed by atoms with E-state index in [1.807, 2.05) is 0 Å². The van der Waals surface area contributed by atoms with E-state index in [2.05, 4.69) is 0 Å². The van der Waals surface area contributed by atoms with Crippen molar-refractivity contribution in [3.63, 3.8) is 0 Å². The Kier molecular flexibility index (Phi) is 4.85. The first-order valence-corrected chi connectivity index (χ1v) is 6.03. The van der Waals surface area contributed by atoms with Crippen molar-refractivity contribution in [3.05, 3.63) is 0 Å². The fourth-order valence-corrected chi connectivity index (χ4v) is 1.95. The van der Waals surface area contributed by atoms with E-state index in [4.69, 9.17) is 9.84 Å². The summed E-state index contributed by atoms with van der Waals surface area (Å²) in [7, 11) is 0. The molecule has 0 unspecified atom stereocenters. The van der Waals surface area contributed by atoms with Crippen LogP contribution in [0.4, 0.5) is 18.0 Å². The number of carboxylic acids is 1. The van der Waals surface area contributed by atoms with Crippen molar-refractivity contribution in [2.24, 2.45) is 0 Å². The monoisotopic (exact) mass is 298 g/mol. The van der Waals surface area contributed by atoms with Crippen molar-refractivity contribution in [1.29, 1.82) is 0 Å². The topological polar surface area (TPSA) is 70.1 Å². The maximum Gasteiger partial charge on any atom is 0.406 e. The van der Waals surface area contributed by atoms with Crippen LogP contribution in [0.1, 0.15) is 13.8 Å². The van der Waals surface area contributed by atoms with E-state index < -0.39 is 36.9 Å². The van der Waals surface area contributed by atoms with Crippen LogP contribution in [-0.2, 0) is 9.53 Å². The molecule has 0 atom stereocenters. The number of nitrogens with zero attached hydrogens (tertiary/aromatic N) is 2. The number of likely N-dealkylation sites (tertiary alicyclic amines) is 1. The second kappa shape index (κ2) is 5.86. The van der Waals surface area contributed by atoms with Gasteiger partial charge in [0.05, 0.1) is 13.1 Å². The first-order chi connectivity index (χ1) is 9.06. The summed E-state index contributed by atoms with van der Waals surface area (Å²) in [5, 5.41) is 8.49. The average Bonchev–Trinajstić information content (AvgIpc) is 2.28. The number of amides is 2. The molecule has 20 heavy (non-hydrogen) atoms. The van der Waals surface area contributed by atoms with Gasteiger partial charge in [-0.2, -0.15) is 13.2 Å². The molecule has 1 rings (SSSR count). The number of hydrogen-bond acceptors (Lipinski definition) is 3. The first-order valence-electron chi connectivity index (χ1n) is 6.03. The normalized spacial score (nSPS) is 17.6. The van der Waals surface area contributed by atoms with Gasteiger partial charge in [-0.05, 0) is 13.8 Å². The van der Waals surface area contributed by atoms with Gasteiger partial charge in [0.1, 0.15) is 18.8 Å². The van der Waals surface area contributed by atoms with Crippen LogP contribution in [0.3, 0.4) is 0 Å². The molecule has 1 fully saturated rings. The molecule has 116 valence electrons. The molecule has 0 saturated carbocycles. The van der Waals surface area contributed by atoms with Crippen LogP contribution in [0.15, 0.2) is 0 Å². The highest BCUT2D eigenvalue weighted by molar-refractivity contribution is 5.76. The molecule has 0 bridgehead atoms. The predicted molar refractivity (Wildman–Crippen MR) is 62.3 cm³/mol. The van der Waals surface area contributed by atoms with Gasteiger partial charge in [0.15, 0.2) is 0 Å². The van der Waals surface area contributed by atoms with Crippen LogP contribution in [0.5, 0.6) is 0 Å². The van der Waals surface area contributed by atoms with Crippen molar-refractivity contribution in [2.45, 2.75) is 25.6 Å². The van der Waals surface area contributed by atoms with Gasteiger partial charge in [0.25, 0.3) is 0 Å². The Morgan fingerprint density at radius 1 is 1.40 bits per heavy atom. The first kappa shape index (κ1) is 16.5. The maximum atomic E-state index is 12.3. The number of halogens is 3. The Labute approximate surface area is 114 Å². The zero-order valence-corrected chi connectivity index (χ0v) is 11.2. The third-order valence-corrected chi connectivity index (χ3v) is 2.89. The fraction of sp³-hybridized carbons (Fsp3) is 0.818. The summed E-state index contributed by atoms with van der Waals surface area (Å²) in [6, 6.07) is -0.721. The number of aliphatic carboxylic acids is 1. The number of alkyl halides is 3. The van der Waals surface area contributed by atoms with Crippen LogP contribution >= 0.6 is 0 Å². The molecule has 0 radical (unpaired) electrons. The van der Waals surface area contributed by atoms with E-state index in [1.54, 1.807) is 6.92 Å². The van der Waals surface area contributed by atoms with Gasteiger partial charge < -0.3 is 19.6 Å². The number of carbonyl (C=O) groups is 2. The van der Waals surface area contributed by atoms with E-state index >= 15 is 0 Å². The number of rotatable bonds is 5. The number of hydrogen-bond donors (Lipinski definition) is 1.